The molecule has 1 N–H and O–H groups in total. The highest BCUT2D eigenvalue weighted by Crippen LogP contribution is 2.26. The fourth-order valence-electron chi connectivity index (χ4n) is 3.15. The van der Waals surface area contributed by atoms with E-state index in [0.29, 0.717) is 12.3 Å². The first-order valence-electron chi connectivity index (χ1n) is 8.09. The van der Waals surface area contributed by atoms with Crippen molar-refractivity contribution in [2.24, 2.45) is 13.0 Å². The van der Waals surface area contributed by atoms with E-state index in [0.717, 1.165) is 25.3 Å². The van der Waals surface area contributed by atoms with E-state index in [1.807, 2.05) is 29.9 Å². The predicted molar refractivity (Wildman–Crippen MR) is 87.5 cm³/mol. The van der Waals surface area contributed by atoms with Gasteiger partial charge in [0.05, 0.1) is 19.2 Å². The molecule has 2 atom stereocenters. The average molecular weight is 330 g/mol. The summed E-state index contributed by atoms with van der Waals surface area (Å²) < 4.78 is 7.99. The minimum absolute atomic E-state index is 0.0586. The van der Waals surface area contributed by atoms with E-state index in [9.17, 15) is 9.90 Å². The summed E-state index contributed by atoms with van der Waals surface area (Å²) in [5, 5.41) is 9.23. The predicted octanol–water partition coefficient (Wildman–Crippen LogP) is 1.56. The fraction of sp³-hybridized carbons (Fsp3) is 0.471. The third kappa shape index (κ3) is 4.11. The molecule has 3 rings (SSSR count). The molecule has 7 heteroatoms. The molecule has 1 saturated heterocycles. The van der Waals surface area contributed by atoms with E-state index in [-0.39, 0.29) is 18.4 Å². The van der Waals surface area contributed by atoms with Gasteiger partial charge >= 0.3 is 5.97 Å². The molecule has 1 fully saturated rings. The summed E-state index contributed by atoms with van der Waals surface area (Å²) in [6, 6.07) is 3.67. The Balaban J connectivity index is 1.66. The number of hydrogen-bond donors (Lipinski definition) is 1. The summed E-state index contributed by atoms with van der Waals surface area (Å²) in [6.07, 6.45) is 7.84. The number of pyridine rings is 1. The SMILES string of the molecule is Cn1ccnc1CN1CC[C@@H](Oc2cccnc2)[C@H](CC(=O)O)C1. The van der Waals surface area contributed by atoms with Crippen LogP contribution < -0.4 is 4.74 Å². The largest absolute Gasteiger partial charge is 0.488 e. The molecule has 0 unspecified atom stereocenters. The van der Waals surface area contributed by atoms with E-state index < -0.39 is 5.97 Å². The molecule has 0 saturated carbocycles. The van der Waals surface area contributed by atoms with Crippen LogP contribution in [0.4, 0.5) is 0 Å². The van der Waals surface area contributed by atoms with Crippen molar-refractivity contribution in [3.05, 3.63) is 42.7 Å². The Morgan fingerprint density at radius 1 is 1.46 bits per heavy atom. The molecule has 0 aromatic carbocycles. The van der Waals surface area contributed by atoms with Crippen molar-refractivity contribution in [1.82, 2.24) is 19.4 Å². The van der Waals surface area contributed by atoms with Crippen molar-refractivity contribution < 1.29 is 14.6 Å². The Morgan fingerprint density at radius 3 is 3.00 bits per heavy atom. The topological polar surface area (TPSA) is 80.5 Å². The highest BCUT2D eigenvalue weighted by molar-refractivity contribution is 5.67. The maximum Gasteiger partial charge on any atom is 0.303 e. The molecule has 0 aliphatic carbocycles. The number of ether oxygens (including phenoxy) is 1. The number of aryl methyl sites for hydroxylation is 1. The van der Waals surface area contributed by atoms with Crippen LogP contribution in [0.3, 0.4) is 0 Å². The third-order valence-electron chi connectivity index (χ3n) is 4.39. The standard InChI is InChI=1S/C17H22N4O3/c1-20-8-6-19-16(20)12-21-7-4-15(13(11-21)9-17(22)23)24-14-3-2-5-18-10-14/h2-3,5-6,8,10,13,15H,4,7,9,11-12H2,1H3,(H,22,23)/t13-,15-/m1/s1. The van der Waals surface area contributed by atoms with Crippen molar-refractivity contribution in [3.8, 4) is 5.75 Å². The second-order valence-corrected chi connectivity index (χ2v) is 6.18. The molecule has 24 heavy (non-hydrogen) atoms. The normalized spacial score (nSPS) is 21.5. The number of imidazole rings is 1. The molecule has 0 radical (unpaired) electrons. The molecule has 2 aromatic heterocycles. The van der Waals surface area contributed by atoms with Crippen LogP contribution in [0.25, 0.3) is 0 Å². The fourth-order valence-corrected chi connectivity index (χ4v) is 3.15. The molecule has 1 aliphatic rings. The van der Waals surface area contributed by atoms with Crippen LogP contribution >= 0.6 is 0 Å². The molecule has 2 aromatic rings. The van der Waals surface area contributed by atoms with E-state index in [2.05, 4.69) is 14.9 Å². The molecule has 128 valence electrons. The van der Waals surface area contributed by atoms with Crippen LogP contribution in [0.1, 0.15) is 18.7 Å². The summed E-state index contributed by atoms with van der Waals surface area (Å²) in [5.74, 6) is 0.821. The van der Waals surface area contributed by atoms with Gasteiger partial charge in [0.15, 0.2) is 0 Å². The van der Waals surface area contributed by atoms with Gasteiger partial charge in [0.2, 0.25) is 0 Å². The summed E-state index contributed by atoms with van der Waals surface area (Å²) in [7, 11) is 1.97. The van der Waals surface area contributed by atoms with Crippen LogP contribution in [-0.2, 0) is 18.4 Å². The molecular formula is C17H22N4O3. The van der Waals surface area contributed by atoms with Crippen molar-refractivity contribution in [2.75, 3.05) is 13.1 Å². The van der Waals surface area contributed by atoms with Gasteiger partial charge in [-0.1, -0.05) is 0 Å². The minimum Gasteiger partial charge on any atom is -0.488 e. The third-order valence-corrected chi connectivity index (χ3v) is 4.39. The minimum atomic E-state index is -0.793. The van der Waals surface area contributed by atoms with Crippen molar-refractivity contribution >= 4 is 5.97 Å². The number of likely N-dealkylation sites (tertiary alicyclic amines) is 1. The lowest BCUT2D eigenvalue weighted by Gasteiger charge is -2.37. The summed E-state index contributed by atoms with van der Waals surface area (Å²) in [4.78, 5) is 21.9. The Morgan fingerprint density at radius 2 is 2.33 bits per heavy atom. The monoisotopic (exact) mass is 330 g/mol. The second-order valence-electron chi connectivity index (χ2n) is 6.18. The zero-order valence-corrected chi connectivity index (χ0v) is 13.7. The zero-order valence-electron chi connectivity index (χ0n) is 13.7. The molecule has 3 heterocycles. The van der Waals surface area contributed by atoms with Crippen LogP contribution in [0, 0.1) is 5.92 Å². The Hall–Kier alpha value is -2.41. The highest BCUT2D eigenvalue weighted by Gasteiger charge is 2.32. The van der Waals surface area contributed by atoms with Crippen LogP contribution in [-0.4, -0.2) is 49.7 Å². The van der Waals surface area contributed by atoms with Gasteiger partial charge in [-0.15, -0.1) is 0 Å². The summed E-state index contributed by atoms with van der Waals surface area (Å²) in [5.41, 5.74) is 0. The number of nitrogens with zero attached hydrogens (tertiary/aromatic N) is 4. The summed E-state index contributed by atoms with van der Waals surface area (Å²) in [6.45, 7) is 2.26. The van der Waals surface area contributed by atoms with E-state index in [4.69, 9.17) is 4.74 Å². The lowest BCUT2D eigenvalue weighted by molar-refractivity contribution is -0.139. The van der Waals surface area contributed by atoms with Crippen molar-refractivity contribution in [1.29, 1.82) is 0 Å². The number of carboxylic acid groups (broad SMARTS) is 1. The first kappa shape index (κ1) is 16.4. The Labute approximate surface area is 140 Å². The first-order chi connectivity index (χ1) is 11.6. The second kappa shape index (κ2) is 7.44. The Bertz CT molecular complexity index is 673. The molecule has 0 spiro atoms. The molecule has 0 bridgehead atoms. The van der Waals surface area contributed by atoms with Crippen molar-refractivity contribution in [3.63, 3.8) is 0 Å². The maximum absolute atomic E-state index is 11.2. The molecule has 1 aliphatic heterocycles. The van der Waals surface area contributed by atoms with Gasteiger partial charge < -0.3 is 14.4 Å². The van der Waals surface area contributed by atoms with Crippen molar-refractivity contribution in [2.45, 2.75) is 25.5 Å². The average Bonchev–Trinajstić information content (AvgIpc) is 2.95. The number of aliphatic carboxylic acids is 1. The number of hydrogen-bond acceptors (Lipinski definition) is 5. The van der Waals surface area contributed by atoms with Crippen LogP contribution in [0.5, 0.6) is 5.75 Å². The van der Waals surface area contributed by atoms with Gasteiger partial charge in [0.1, 0.15) is 17.7 Å². The summed E-state index contributed by atoms with van der Waals surface area (Å²) >= 11 is 0. The lowest BCUT2D eigenvalue weighted by atomic mass is 9.91. The van der Waals surface area contributed by atoms with Gasteiger partial charge in [-0.05, 0) is 18.6 Å². The first-order valence-corrected chi connectivity index (χ1v) is 8.09. The molecule has 0 amide bonds. The van der Waals surface area contributed by atoms with Gasteiger partial charge in [-0.2, -0.15) is 0 Å². The molecular weight excluding hydrogens is 308 g/mol. The highest BCUT2D eigenvalue weighted by atomic mass is 16.5. The van der Waals surface area contributed by atoms with Gasteiger partial charge in [-0.3, -0.25) is 14.7 Å². The van der Waals surface area contributed by atoms with Gasteiger partial charge in [-0.25, -0.2) is 4.98 Å². The quantitative estimate of drug-likeness (QED) is 0.866. The number of piperidine rings is 1. The Kier molecular flexibility index (Phi) is 5.10. The van der Waals surface area contributed by atoms with E-state index in [1.54, 1.807) is 18.6 Å². The number of carbonyl (C=O) groups is 1. The van der Waals surface area contributed by atoms with Crippen LogP contribution in [0.15, 0.2) is 36.9 Å². The smallest absolute Gasteiger partial charge is 0.303 e. The number of aromatic nitrogens is 3. The lowest BCUT2D eigenvalue weighted by Crippen LogP contribution is -2.46. The molecule has 7 nitrogen and oxygen atoms in total. The zero-order chi connectivity index (χ0) is 16.9. The van der Waals surface area contributed by atoms with Gasteiger partial charge in [0.25, 0.3) is 0 Å². The van der Waals surface area contributed by atoms with Crippen LogP contribution in [0.2, 0.25) is 0 Å². The number of carboxylic acids is 1. The van der Waals surface area contributed by atoms with E-state index in [1.165, 1.54) is 0 Å². The van der Waals surface area contributed by atoms with E-state index >= 15 is 0 Å². The maximum atomic E-state index is 11.2. The van der Waals surface area contributed by atoms with Gasteiger partial charge in [0, 0.05) is 44.6 Å². The number of rotatable bonds is 6.